The lowest BCUT2D eigenvalue weighted by Crippen LogP contribution is -2.17. The van der Waals surface area contributed by atoms with Crippen molar-refractivity contribution in [3.8, 4) is 5.75 Å². The molecule has 0 unspecified atom stereocenters. The van der Waals surface area contributed by atoms with E-state index in [-0.39, 0.29) is 0 Å². The van der Waals surface area contributed by atoms with Crippen LogP contribution in [0, 0.1) is 6.92 Å². The van der Waals surface area contributed by atoms with Crippen LogP contribution >= 0.6 is 0 Å². The molecular formula is C13H17N3O2. The van der Waals surface area contributed by atoms with Gasteiger partial charge in [-0.25, -0.2) is 4.63 Å². The van der Waals surface area contributed by atoms with Crippen molar-refractivity contribution in [1.82, 2.24) is 15.6 Å². The van der Waals surface area contributed by atoms with Gasteiger partial charge in [0, 0.05) is 6.54 Å². The molecule has 0 saturated carbocycles. The maximum absolute atomic E-state index is 5.18. The predicted octanol–water partition coefficient (Wildman–Crippen LogP) is 1.72. The maximum atomic E-state index is 5.18. The summed E-state index contributed by atoms with van der Waals surface area (Å²) in [4.78, 5) is 0. The van der Waals surface area contributed by atoms with E-state index >= 15 is 0 Å². The van der Waals surface area contributed by atoms with Crippen LogP contribution in [0.1, 0.15) is 17.0 Å². The van der Waals surface area contributed by atoms with E-state index in [9.17, 15) is 0 Å². The Morgan fingerprint density at radius 2 is 2.22 bits per heavy atom. The summed E-state index contributed by atoms with van der Waals surface area (Å²) in [5.41, 5.74) is 2.95. The molecule has 2 aromatic rings. The maximum Gasteiger partial charge on any atom is 0.121 e. The van der Waals surface area contributed by atoms with Crippen LogP contribution in [0.5, 0.6) is 5.75 Å². The Kier molecular flexibility index (Phi) is 4.30. The van der Waals surface area contributed by atoms with Gasteiger partial charge in [-0.2, -0.15) is 0 Å². The highest BCUT2D eigenvalue weighted by Crippen LogP contribution is 2.12. The zero-order valence-electron chi connectivity index (χ0n) is 10.6. The third kappa shape index (κ3) is 3.30. The molecule has 0 aliphatic carbocycles. The van der Waals surface area contributed by atoms with Gasteiger partial charge in [-0.15, -0.1) is 0 Å². The largest absolute Gasteiger partial charge is 0.497 e. The molecule has 2 rings (SSSR count). The Bertz CT molecular complexity index is 496. The van der Waals surface area contributed by atoms with E-state index in [1.54, 1.807) is 7.11 Å². The van der Waals surface area contributed by atoms with Crippen LogP contribution in [0.4, 0.5) is 0 Å². The number of aryl methyl sites for hydroxylation is 1. The van der Waals surface area contributed by atoms with Gasteiger partial charge in [0.1, 0.15) is 17.1 Å². The number of nitrogens with one attached hydrogen (secondary N) is 1. The van der Waals surface area contributed by atoms with E-state index in [1.807, 2.05) is 25.1 Å². The summed E-state index contributed by atoms with van der Waals surface area (Å²) in [7, 11) is 1.68. The first-order valence-electron chi connectivity index (χ1n) is 5.91. The fourth-order valence-corrected chi connectivity index (χ4v) is 1.68. The third-order valence-corrected chi connectivity index (χ3v) is 2.76. The van der Waals surface area contributed by atoms with Gasteiger partial charge in [-0.1, -0.05) is 22.4 Å². The first-order chi connectivity index (χ1) is 8.79. The van der Waals surface area contributed by atoms with Crippen LogP contribution in [0.15, 0.2) is 28.9 Å². The number of ether oxygens (including phenoxy) is 1. The van der Waals surface area contributed by atoms with Crippen molar-refractivity contribution in [3.63, 3.8) is 0 Å². The van der Waals surface area contributed by atoms with Crippen molar-refractivity contribution < 1.29 is 9.37 Å². The molecule has 1 heterocycles. The van der Waals surface area contributed by atoms with E-state index in [1.165, 1.54) is 5.56 Å². The second-order valence-electron chi connectivity index (χ2n) is 4.07. The zero-order valence-corrected chi connectivity index (χ0v) is 10.6. The lowest BCUT2D eigenvalue weighted by Gasteiger charge is -2.05. The van der Waals surface area contributed by atoms with Crippen molar-refractivity contribution in [2.24, 2.45) is 0 Å². The molecule has 0 saturated heterocycles. The van der Waals surface area contributed by atoms with Crippen LogP contribution in [0.3, 0.4) is 0 Å². The molecule has 0 aliphatic rings. The molecule has 96 valence electrons. The minimum Gasteiger partial charge on any atom is -0.497 e. The van der Waals surface area contributed by atoms with Gasteiger partial charge in [0.2, 0.25) is 0 Å². The molecular weight excluding hydrogens is 230 g/mol. The van der Waals surface area contributed by atoms with Gasteiger partial charge in [-0.05, 0) is 37.6 Å². The molecule has 0 aliphatic heterocycles. The highest BCUT2D eigenvalue weighted by molar-refractivity contribution is 5.28. The smallest absolute Gasteiger partial charge is 0.121 e. The fourth-order valence-electron chi connectivity index (χ4n) is 1.68. The summed E-state index contributed by atoms with van der Waals surface area (Å²) >= 11 is 0. The number of methoxy groups -OCH3 is 1. The third-order valence-electron chi connectivity index (χ3n) is 2.76. The van der Waals surface area contributed by atoms with Gasteiger partial charge in [0.25, 0.3) is 0 Å². The van der Waals surface area contributed by atoms with E-state index < -0.39 is 0 Å². The predicted molar refractivity (Wildman–Crippen MR) is 67.4 cm³/mol. The molecule has 0 radical (unpaired) electrons. The van der Waals surface area contributed by atoms with Crippen LogP contribution < -0.4 is 10.1 Å². The van der Waals surface area contributed by atoms with Gasteiger partial charge in [0.05, 0.1) is 7.11 Å². The monoisotopic (exact) mass is 247 g/mol. The highest BCUT2D eigenvalue weighted by atomic mass is 16.6. The number of aromatic nitrogens is 2. The number of rotatable bonds is 6. The Balaban J connectivity index is 1.76. The number of nitrogens with zero attached hydrogens (tertiary/aromatic N) is 2. The van der Waals surface area contributed by atoms with E-state index in [0.29, 0.717) is 6.54 Å². The molecule has 0 fully saturated rings. The Morgan fingerprint density at radius 1 is 1.33 bits per heavy atom. The lowest BCUT2D eigenvalue weighted by molar-refractivity contribution is 0.300. The minimum atomic E-state index is 0.680. The van der Waals surface area contributed by atoms with Gasteiger partial charge in [0.15, 0.2) is 0 Å². The van der Waals surface area contributed by atoms with Crippen molar-refractivity contribution in [3.05, 3.63) is 41.2 Å². The molecule has 0 amide bonds. The van der Waals surface area contributed by atoms with E-state index in [2.05, 4.69) is 26.3 Å². The van der Waals surface area contributed by atoms with Crippen molar-refractivity contribution in [1.29, 1.82) is 0 Å². The van der Waals surface area contributed by atoms with E-state index in [0.717, 1.165) is 30.1 Å². The second-order valence-corrected chi connectivity index (χ2v) is 4.07. The molecule has 1 N–H and O–H groups in total. The Hall–Kier alpha value is -1.88. The molecule has 0 atom stereocenters. The fraction of sp³-hybridized carbons (Fsp3) is 0.385. The van der Waals surface area contributed by atoms with Gasteiger partial charge >= 0.3 is 0 Å². The summed E-state index contributed by atoms with van der Waals surface area (Å²) in [6.45, 7) is 3.44. The number of hydrogen-bond acceptors (Lipinski definition) is 5. The average molecular weight is 247 g/mol. The minimum absolute atomic E-state index is 0.680. The summed E-state index contributed by atoms with van der Waals surface area (Å²) in [5, 5.41) is 10.9. The molecule has 1 aromatic heterocycles. The molecule has 1 aromatic carbocycles. The lowest BCUT2D eigenvalue weighted by atomic mass is 10.1. The standard InChI is InChI=1S/C13H17N3O2/c1-10-13(16-18-15-10)9-14-7-6-11-4-3-5-12(8-11)17-2/h3-5,8,14H,6-7,9H2,1-2H3. The van der Waals surface area contributed by atoms with Crippen molar-refractivity contribution in [2.75, 3.05) is 13.7 Å². The van der Waals surface area contributed by atoms with Crippen LogP contribution in [-0.4, -0.2) is 24.0 Å². The summed E-state index contributed by atoms with van der Waals surface area (Å²) in [6.07, 6.45) is 0.946. The SMILES string of the molecule is COc1cccc(CCNCc2nonc2C)c1. The highest BCUT2D eigenvalue weighted by Gasteiger charge is 2.03. The van der Waals surface area contributed by atoms with Crippen molar-refractivity contribution in [2.45, 2.75) is 19.9 Å². The molecule has 18 heavy (non-hydrogen) atoms. The normalized spacial score (nSPS) is 10.6. The summed E-state index contributed by atoms with van der Waals surface area (Å²) in [5.74, 6) is 0.893. The summed E-state index contributed by atoms with van der Waals surface area (Å²) in [6, 6.07) is 8.08. The Labute approximate surface area is 106 Å². The average Bonchev–Trinajstić information content (AvgIpc) is 2.81. The first-order valence-corrected chi connectivity index (χ1v) is 5.91. The van der Waals surface area contributed by atoms with Crippen LogP contribution in [-0.2, 0) is 13.0 Å². The van der Waals surface area contributed by atoms with Crippen LogP contribution in [0.2, 0.25) is 0 Å². The number of benzene rings is 1. The van der Waals surface area contributed by atoms with Crippen molar-refractivity contribution >= 4 is 0 Å². The van der Waals surface area contributed by atoms with E-state index in [4.69, 9.17) is 4.74 Å². The first kappa shape index (κ1) is 12.6. The zero-order chi connectivity index (χ0) is 12.8. The van der Waals surface area contributed by atoms with Crippen LogP contribution in [0.25, 0.3) is 0 Å². The topological polar surface area (TPSA) is 60.2 Å². The molecule has 0 spiro atoms. The molecule has 5 nitrogen and oxygen atoms in total. The van der Waals surface area contributed by atoms with Gasteiger partial charge < -0.3 is 10.1 Å². The quantitative estimate of drug-likeness (QED) is 0.787. The number of hydrogen-bond donors (Lipinski definition) is 1. The molecule has 0 bridgehead atoms. The van der Waals surface area contributed by atoms with Gasteiger partial charge in [-0.3, -0.25) is 0 Å². The molecule has 5 heteroatoms. The summed E-state index contributed by atoms with van der Waals surface area (Å²) < 4.78 is 9.82. The second kappa shape index (κ2) is 6.16. The Morgan fingerprint density at radius 3 is 2.94 bits per heavy atom.